The van der Waals surface area contributed by atoms with Gasteiger partial charge < -0.3 is 19.2 Å². The second kappa shape index (κ2) is 7.97. The summed E-state index contributed by atoms with van der Waals surface area (Å²) in [5.74, 6) is 3.33. The first-order valence-corrected chi connectivity index (χ1v) is 8.79. The van der Waals surface area contributed by atoms with Gasteiger partial charge in [-0.15, -0.1) is 0 Å². The van der Waals surface area contributed by atoms with Crippen molar-refractivity contribution in [3.63, 3.8) is 0 Å². The summed E-state index contributed by atoms with van der Waals surface area (Å²) in [5.41, 5.74) is 1.91. The normalized spacial score (nSPS) is 10.8. The standard InChI is InChI=1S/C18H20N2O3S/c1-3-22-13-4-6-14(7-5-13)23-10-11-24-18-19-16-9-8-15(21-2)12-17(16)20-18/h4-9,12H,3,10-11H2,1-2H3,(H,19,20). The number of rotatable bonds is 8. The van der Waals surface area contributed by atoms with Crippen LogP contribution in [0.2, 0.25) is 0 Å². The van der Waals surface area contributed by atoms with Crippen LogP contribution in [0.15, 0.2) is 47.6 Å². The number of hydrogen-bond donors (Lipinski definition) is 1. The first kappa shape index (κ1) is 16.5. The molecule has 0 aliphatic carbocycles. The van der Waals surface area contributed by atoms with Crippen molar-refractivity contribution < 1.29 is 14.2 Å². The molecule has 0 unspecified atom stereocenters. The lowest BCUT2D eigenvalue weighted by atomic mass is 10.3. The predicted molar refractivity (Wildman–Crippen MR) is 96.5 cm³/mol. The number of aromatic nitrogens is 2. The molecule has 0 saturated carbocycles. The highest BCUT2D eigenvalue weighted by molar-refractivity contribution is 7.99. The first-order valence-electron chi connectivity index (χ1n) is 7.80. The number of hydrogen-bond acceptors (Lipinski definition) is 5. The number of fused-ring (bicyclic) bond motifs is 1. The number of ether oxygens (including phenoxy) is 3. The summed E-state index contributed by atoms with van der Waals surface area (Å²) in [6, 6.07) is 13.5. The highest BCUT2D eigenvalue weighted by atomic mass is 32.2. The molecule has 6 heteroatoms. The smallest absolute Gasteiger partial charge is 0.166 e. The van der Waals surface area contributed by atoms with Crippen LogP contribution in [-0.2, 0) is 0 Å². The second-order valence-electron chi connectivity index (χ2n) is 5.03. The van der Waals surface area contributed by atoms with Gasteiger partial charge in [-0.25, -0.2) is 4.98 Å². The van der Waals surface area contributed by atoms with E-state index in [1.165, 1.54) is 0 Å². The Balaban J connectivity index is 1.49. The molecule has 5 nitrogen and oxygen atoms in total. The van der Waals surface area contributed by atoms with Crippen molar-refractivity contribution in [2.75, 3.05) is 26.1 Å². The van der Waals surface area contributed by atoms with Gasteiger partial charge in [0.2, 0.25) is 0 Å². The van der Waals surface area contributed by atoms with Gasteiger partial charge >= 0.3 is 0 Å². The number of H-pyrrole nitrogens is 1. The van der Waals surface area contributed by atoms with Gasteiger partial charge in [0.15, 0.2) is 5.16 Å². The van der Waals surface area contributed by atoms with Crippen LogP contribution in [0.3, 0.4) is 0 Å². The minimum atomic E-state index is 0.610. The van der Waals surface area contributed by atoms with Crippen molar-refractivity contribution in [2.45, 2.75) is 12.1 Å². The summed E-state index contributed by atoms with van der Waals surface area (Å²) in [6.07, 6.45) is 0. The summed E-state index contributed by atoms with van der Waals surface area (Å²) in [6.45, 7) is 3.25. The maximum Gasteiger partial charge on any atom is 0.166 e. The van der Waals surface area contributed by atoms with E-state index in [4.69, 9.17) is 14.2 Å². The fourth-order valence-electron chi connectivity index (χ4n) is 2.26. The van der Waals surface area contributed by atoms with Gasteiger partial charge in [0.05, 0.1) is 31.4 Å². The Bertz CT molecular complexity index is 787. The van der Waals surface area contributed by atoms with Crippen LogP contribution in [0, 0.1) is 0 Å². The average molecular weight is 344 g/mol. The van der Waals surface area contributed by atoms with Crippen LogP contribution >= 0.6 is 11.8 Å². The van der Waals surface area contributed by atoms with Gasteiger partial charge in [0.1, 0.15) is 17.2 Å². The SMILES string of the molecule is CCOc1ccc(OCCSc2nc3ccc(OC)cc3[nH]2)cc1. The molecule has 2 aromatic carbocycles. The van der Waals surface area contributed by atoms with Crippen LogP contribution < -0.4 is 14.2 Å². The number of benzene rings is 2. The van der Waals surface area contributed by atoms with Crippen LogP contribution in [0.25, 0.3) is 11.0 Å². The van der Waals surface area contributed by atoms with Crippen LogP contribution in [0.4, 0.5) is 0 Å². The zero-order valence-corrected chi connectivity index (χ0v) is 14.6. The average Bonchev–Trinajstić information content (AvgIpc) is 3.02. The molecule has 0 radical (unpaired) electrons. The van der Waals surface area contributed by atoms with Crippen LogP contribution in [0.5, 0.6) is 17.2 Å². The topological polar surface area (TPSA) is 56.4 Å². The third-order valence-corrected chi connectivity index (χ3v) is 4.23. The summed E-state index contributed by atoms with van der Waals surface area (Å²) >= 11 is 1.63. The zero-order chi connectivity index (χ0) is 16.8. The molecule has 0 saturated heterocycles. The Morgan fingerprint density at radius 3 is 2.42 bits per heavy atom. The fourth-order valence-corrected chi connectivity index (χ4v) is 2.96. The molecular weight excluding hydrogens is 324 g/mol. The lowest BCUT2D eigenvalue weighted by Crippen LogP contribution is -2.00. The Kier molecular flexibility index (Phi) is 5.48. The Morgan fingerprint density at radius 1 is 1.00 bits per heavy atom. The number of methoxy groups -OCH3 is 1. The molecule has 0 aliphatic heterocycles. The van der Waals surface area contributed by atoms with E-state index in [0.717, 1.165) is 39.2 Å². The molecule has 3 aromatic rings. The summed E-state index contributed by atoms with van der Waals surface area (Å²) in [7, 11) is 1.66. The molecule has 24 heavy (non-hydrogen) atoms. The molecule has 0 amide bonds. The lowest BCUT2D eigenvalue weighted by Gasteiger charge is -2.07. The molecule has 0 fully saturated rings. The summed E-state index contributed by atoms with van der Waals surface area (Å²) in [4.78, 5) is 7.83. The van der Waals surface area contributed by atoms with Crippen molar-refractivity contribution in [3.8, 4) is 17.2 Å². The maximum atomic E-state index is 5.73. The molecule has 0 spiro atoms. The van der Waals surface area contributed by atoms with E-state index in [1.807, 2.05) is 49.4 Å². The van der Waals surface area contributed by atoms with Crippen LogP contribution in [-0.4, -0.2) is 36.0 Å². The van der Waals surface area contributed by atoms with E-state index in [9.17, 15) is 0 Å². The Hall–Kier alpha value is -2.34. The van der Waals surface area contributed by atoms with E-state index in [0.29, 0.717) is 13.2 Å². The molecule has 3 rings (SSSR count). The lowest BCUT2D eigenvalue weighted by molar-refractivity contribution is 0.332. The third-order valence-electron chi connectivity index (χ3n) is 3.39. The molecule has 0 aliphatic rings. The summed E-state index contributed by atoms with van der Waals surface area (Å²) in [5, 5.41) is 0.883. The van der Waals surface area contributed by atoms with Crippen molar-refractivity contribution >= 4 is 22.8 Å². The number of nitrogens with one attached hydrogen (secondary N) is 1. The Labute approximate surface area is 145 Å². The highest BCUT2D eigenvalue weighted by Crippen LogP contribution is 2.23. The number of thioether (sulfide) groups is 1. The number of imidazole rings is 1. The van der Waals surface area contributed by atoms with E-state index >= 15 is 0 Å². The zero-order valence-electron chi connectivity index (χ0n) is 13.7. The van der Waals surface area contributed by atoms with E-state index in [-0.39, 0.29) is 0 Å². The van der Waals surface area contributed by atoms with Gasteiger partial charge in [-0.2, -0.15) is 0 Å². The highest BCUT2D eigenvalue weighted by Gasteiger charge is 2.05. The monoisotopic (exact) mass is 344 g/mol. The van der Waals surface area contributed by atoms with Crippen molar-refractivity contribution in [3.05, 3.63) is 42.5 Å². The van der Waals surface area contributed by atoms with Gasteiger partial charge in [-0.05, 0) is 43.3 Å². The minimum Gasteiger partial charge on any atom is -0.497 e. The molecule has 126 valence electrons. The van der Waals surface area contributed by atoms with Crippen molar-refractivity contribution in [1.82, 2.24) is 9.97 Å². The van der Waals surface area contributed by atoms with Crippen LogP contribution in [0.1, 0.15) is 6.92 Å². The maximum absolute atomic E-state index is 5.73. The van der Waals surface area contributed by atoms with E-state index in [2.05, 4.69) is 9.97 Å². The first-order chi connectivity index (χ1) is 11.8. The molecule has 1 N–H and O–H groups in total. The third kappa shape index (κ3) is 4.14. The van der Waals surface area contributed by atoms with E-state index < -0.39 is 0 Å². The van der Waals surface area contributed by atoms with Crippen molar-refractivity contribution in [1.29, 1.82) is 0 Å². The molecule has 1 heterocycles. The number of nitrogens with zero attached hydrogens (tertiary/aromatic N) is 1. The molecule has 0 bridgehead atoms. The summed E-state index contributed by atoms with van der Waals surface area (Å²) < 4.78 is 16.4. The quantitative estimate of drug-likeness (QED) is 0.492. The van der Waals surface area contributed by atoms with Gasteiger partial charge in [0, 0.05) is 11.8 Å². The fraction of sp³-hybridized carbons (Fsp3) is 0.278. The second-order valence-corrected chi connectivity index (χ2v) is 6.11. The van der Waals surface area contributed by atoms with Gasteiger partial charge in [0.25, 0.3) is 0 Å². The van der Waals surface area contributed by atoms with Gasteiger partial charge in [-0.3, -0.25) is 0 Å². The van der Waals surface area contributed by atoms with Crippen molar-refractivity contribution in [2.24, 2.45) is 0 Å². The largest absolute Gasteiger partial charge is 0.497 e. The van der Waals surface area contributed by atoms with E-state index in [1.54, 1.807) is 18.9 Å². The molecule has 0 atom stereocenters. The Morgan fingerprint density at radius 2 is 1.71 bits per heavy atom. The minimum absolute atomic E-state index is 0.610. The molecular formula is C18H20N2O3S. The molecule has 1 aromatic heterocycles. The predicted octanol–water partition coefficient (Wildman–Crippen LogP) is 4.14. The van der Waals surface area contributed by atoms with Gasteiger partial charge in [-0.1, -0.05) is 11.8 Å². The number of aromatic amines is 1.